The van der Waals surface area contributed by atoms with E-state index in [0.29, 0.717) is 13.1 Å². The third-order valence-electron chi connectivity index (χ3n) is 1.01. The van der Waals surface area contributed by atoms with Gasteiger partial charge in [-0.25, -0.2) is 0 Å². The highest BCUT2D eigenvalue weighted by atomic mass is 16.2. The van der Waals surface area contributed by atoms with Gasteiger partial charge in [0.15, 0.2) is 0 Å². The smallest absolute Gasteiger partial charge is 0.221 e. The Labute approximate surface area is 61.2 Å². The fraction of sp³-hybridized carbons (Fsp3) is 0.375. The molecule has 10 heavy (non-hydrogen) atoms. The molecule has 0 aromatic rings. The molecule has 0 bridgehead atoms. The summed E-state index contributed by atoms with van der Waals surface area (Å²) in [5.41, 5.74) is 0. The van der Waals surface area contributed by atoms with Crippen LogP contribution in [0.3, 0.4) is 0 Å². The summed E-state index contributed by atoms with van der Waals surface area (Å²) in [4.78, 5) is 12.1. The first-order valence-corrected chi connectivity index (χ1v) is 2.84. The molecule has 0 N–H and O–H groups in total. The molecule has 0 aliphatic carbocycles. The van der Waals surface area contributed by atoms with Crippen molar-refractivity contribution in [3.8, 4) is 24.7 Å². The molecular weight excluding hydrogens is 126 g/mol. The van der Waals surface area contributed by atoms with Crippen molar-refractivity contribution in [1.29, 1.82) is 0 Å². The van der Waals surface area contributed by atoms with E-state index < -0.39 is 0 Å². The molecule has 1 amide bonds. The van der Waals surface area contributed by atoms with Crippen molar-refractivity contribution in [2.24, 2.45) is 0 Å². The first-order chi connectivity index (χ1) is 4.72. The number of carbonyl (C=O) groups is 1. The van der Waals surface area contributed by atoms with Crippen molar-refractivity contribution in [3.05, 3.63) is 0 Å². The van der Waals surface area contributed by atoms with Gasteiger partial charge in [-0.2, -0.15) is 0 Å². The van der Waals surface area contributed by atoms with Gasteiger partial charge in [0.25, 0.3) is 0 Å². The second-order valence-electron chi connectivity index (χ2n) is 1.78. The number of rotatable bonds is 2. The molecule has 0 atom stereocenters. The maximum atomic E-state index is 10.7. The Morgan fingerprint density at radius 1 is 1.40 bits per heavy atom. The fourth-order valence-corrected chi connectivity index (χ4v) is 0.499. The first kappa shape index (κ1) is 8.59. The summed E-state index contributed by atoms with van der Waals surface area (Å²) in [5.74, 6) is 4.60. The van der Waals surface area contributed by atoms with Crippen LogP contribution < -0.4 is 0 Å². The summed E-state index contributed by atoms with van der Waals surface area (Å²) in [7, 11) is 0. The molecule has 0 saturated heterocycles. The monoisotopic (exact) mass is 135 g/mol. The highest BCUT2D eigenvalue weighted by Crippen LogP contribution is 1.85. The van der Waals surface area contributed by atoms with Crippen molar-refractivity contribution in [1.82, 2.24) is 4.90 Å². The third-order valence-corrected chi connectivity index (χ3v) is 1.01. The van der Waals surface area contributed by atoms with Gasteiger partial charge in [-0.1, -0.05) is 11.8 Å². The first-order valence-electron chi connectivity index (χ1n) is 2.84. The Balaban J connectivity index is 3.90. The molecule has 0 spiro atoms. The number of terminal acetylenes is 2. The molecule has 0 radical (unpaired) electrons. The van der Waals surface area contributed by atoms with Crippen molar-refractivity contribution < 1.29 is 4.79 Å². The summed E-state index contributed by atoms with van der Waals surface area (Å²) in [6.45, 7) is 2.02. The lowest BCUT2D eigenvalue weighted by atomic mass is 10.4. The van der Waals surface area contributed by atoms with Crippen LogP contribution in [0, 0.1) is 24.7 Å². The average Bonchev–Trinajstić information content (AvgIpc) is 1.87. The van der Waals surface area contributed by atoms with Gasteiger partial charge in [0, 0.05) is 6.92 Å². The highest BCUT2D eigenvalue weighted by molar-refractivity contribution is 5.73. The number of hydrogen-bond donors (Lipinski definition) is 0. The summed E-state index contributed by atoms with van der Waals surface area (Å²) in [6, 6.07) is 0. The van der Waals surface area contributed by atoms with E-state index in [2.05, 4.69) is 11.8 Å². The van der Waals surface area contributed by atoms with Crippen LogP contribution in [0.5, 0.6) is 0 Å². The van der Waals surface area contributed by atoms with Gasteiger partial charge in [-0.05, 0) is 0 Å². The zero-order chi connectivity index (χ0) is 7.98. The molecule has 0 rings (SSSR count). The van der Waals surface area contributed by atoms with Gasteiger partial charge in [-0.15, -0.1) is 12.8 Å². The lowest BCUT2D eigenvalue weighted by Crippen LogP contribution is -2.29. The highest BCUT2D eigenvalue weighted by Gasteiger charge is 2.02. The fourth-order valence-electron chi connectivity index (χ4n) is 0.499. The van der Waals surface area contributed by atoms with Gasteiger partial charge in [0.05, 0.1) is 13.1 Å². The van der Waals surface area contributed by atoms with Gasteiger partial charge >= 0.3 is 0 Å². The number of amides is 1. The maximum absolute atomic E-state index is 10.7. The molecule has 0 unspecified atom stereocenters. The molecule has 0 aromatic heterocycles. The van der Waals surface area contributed by atoms with Crippen molar-refractivity contribution in [2.45, 2.75) is 6.92 Å². The Bertz CT molecular complexity index is 178. The lowest BCUT2D eigenvalue weighted by molar-refractivity contribution is -0.127. The van der Waals surface area contributed by atoms with Crippen LogP contribution in [0.4, 0.5) is 0 Å². The topological polar surface area (TPSA) is 20.3 Å². The molecule has 0 heterocycles. The molecule has 0 aliphatic heterocycles. The van der Waals surface area contributed by atoms with E-state index in [1.807, 2.05) is 0 Å². The predicted octanol–water partition coefficient (Wildman–Crippen LogP) is 0.101. The van der Waals surface area contributed by atoms with E-state index in [-0.39, 0.29) is 5.91 Å². The summed E-state index contributed by atoms with van der Waals surface area (Å²) >= 11 is 0. The van der Waals surface area contributed by atoms with E-state index in [1.165, 1.54) is 11.8 Å². The number of hydrogen-bond acceptors (Lipinski definition) is 1. The molecule has 0 aromatic carbocycles. The Morgan fingerprint density at radius 2 is 1.80 bits per heavy atom. The van der Waals surface area contributed by atoms with E-state index in [0.717, 1.165) is 0 Å². The van der Waals surface area contributed by atoms with Crippen LogP contribution in [0.1, 0.15) is 6.92 Å². The van der Waals surface area contributed by atoms with Crippen molar-refractivity contribution in [2.75, 3.05) is 13.1 Å². The van der Waals surface area contributed by atoms with Crippen LogP contribution >= 0.6 is 0 Å². The molecule has 0 saturated carbocycles. The van der Waals surface area contributed by atoms with Crippen LogP contribution in [0.2, 0.25) is 0 Å². The van der Waals surface area contributed by atoms with Crippen molar-refractivity contribution >= 4 is 5.91 Å². The third kappa shape index (κ3) is 2.79. The van der Waals surface area contributed by atoms with Crippen LogP contribution in [0.15, 0.2) is 0 Å². The minimum absolute atomic E-state index is 0.0871. The van der Waals surface area contributed by atoms with Crippen LogP contribution in [-0.4, -0.2) is 23.9 Å². The Morgan fingerprint density at radius 3 is 2.00 bits per heavy atom. The molecule has 2 heteroatoms. The van der Waals surface area contributed by atoms with E-state index in [1.54, 1.807) is 0 Å². The standard InChI is InChI=1S/C8H9NO/c1-4-6-9(7-5-2)8(3)10/h1-2H,6-7H2,3H3. The van der Waals surface area contributed by atoms with Gasteiger partial charge in [0.1, 0.15) is 0 Å². The number of carbonyl (C=O) groups excluding carboxylic acids is 1. The SMILES string of the molecule is C#CCN(CC#C)C(C)=O. The zero-order valence-electron chi connectivity index (χ0n) is 5.92. The Hall–Kier alpha value is -1.41. The minimum Gasteiger partial charge on any atom is -0.321 e. The Kier molecular flexibility index (Phi) is 3.84. The largest absolute Gasteiger partial charge is 0.321 e. The van der Waals surface area contributed by atoms with Gasteiger partial charge < -0.3 is 4.90 Å². The second-order valence-corrected chi connectivity index (χ2v) is 1.78. The summed E-state index contributed by atoms with van der Waals surface area (Å²) in [5, 5.41) is 0. The summed E-state index contributed by atoms with van der Waals surface area (Å²) < 4.78 is 0. The summed E-state index contributed by atoms with van der Waals surface area (Å²) in [6.07, 6.45) is 9.97. The maximum Gasteiger partial charge on any atom is 0.221 e. The van der Waals surface area contributed by atoms with Gasteiger partial charge in [0.2, 0.25) is 5.91 Å². The second kappa shape index (κ2) is 4.47. The predicted molar refractivity (Wildman–Crippen MR) is 39.9 cm³/mol. The normalized spacial score (nSPS) is 7.50. The minimum atomic E-state index is -0.0871. The van der Waals surface area contributed by atoms with Gasteiger partial charge in [-0.3, -0.25) is 4.79 Å². The molecule has 0 aliphatic rings. The van der Waals surface area contributed by atoms with E-state index in [9.17, 15) is 4.79 Å². The van der Waals surface area contributed by atoms with E-state index >= 15 is 0 Å². The average molecular weight is 135 g/mol. The molecule has 0 fully saturated rings. The number of nitrogens with zero attached hydrogens (tertiary/aromatic N) is 1. The van der Waals surface area contributed by atoms with E-state index in [4.69, 9.17) is 12.8 Å². The zero-order valence-corrected chi connectivity index (χ0v) is 5.92. The van der Waals surface area contributed by atoms with Crippen molar-refractivity contribution in [3.63, 3.8) is 0 Å². The molecule has 2 nitrogen and oxygen atoms in total. The molecule has 52 valence electrons. The lowest BCUT2D eigenvalue weighted by Gasteiger charge is -2.13. The quantitative estimate of drug-likeness (QED) is 0.492. The van der Waals surface area contributed by atoms with Crippen LogP contribution in [0.25, 0.3) is 0 Å². The molecular formula is C8H9NO. The van der Waals surface area contributed by atoms with Crippen LogP contribution in [-0.2, 0) is 4.79 Å².